The minimum absolute atomic E-state index is 0.675. The van der Waals surface area contributed by atoms with Gasteiger partial charge in [-0.15, -0.1) is 0 Å². The highest BCUT2D eigenvalue weighted by Crippen LogP contribution is 2.11. The van der Waals surface area contributed by atoms with E-state index in [1.807, 2.05) is 19.1 Å². The summed E-state index contributed by atoms with van der Waals surface area (Å²) in [5.74, 6) is 0.749. The largest absolute Gasteiger partial charge is 0.501 e. The molecular formula is C10H13NO2. The SMILES string of the molecule is CCOC=Cc1cncc(OC)c1. The third kappa shape index (κ3) is 3.15. The van der Waals surface area contributed by atoms with Crippen molar-refractivity contribution in [3.8, 4) is 5.75 Å². The number of methoxy groups -OCH3 is 1. The maximum Gasteiger partial charge on any atom is 0.137 e. The van der Waals surface area contributed by atoms with Crippen molar-refractivity contribution in [1.82, 2.24) is 4.98 Å². The van der Waals surface area contributed by atoms with E-state index in [9.17, 15) is 0 Å². The summed E-state index contributed by atoms with van der Waals surface area (Å²) in [5, 5.41) is 0. The zero-order chi connectivity index (χ0) is 9.52. The summed E-state index contributed by atoms with van der Waals surface area (Å²) in [4.78, 5) is 4.00. The lowest BCUT2D eigenvalue weighted by Crippen LogP contribution is -1.85. The summed E-state index contributed by atoms with van der Waals surface area (Å²) in [6.07, 6.45) is 6.91. The fraction of sp³-hybridized carbons (Fsp3) is 0.300. The van der Waals surface area contributed by atoms with Crippen LogP contribution in [0.4, 0.5) is 0 Å². The molecule has 0 saturated carbocycles. The maximum absolute atomic E-state index is 5.06. The Hall–Kier alpha value is -1.51. The van der Waals surface area contributed by atoms with Gasteiger partial charge in [-0.05, 0) is 24.6 Å². The van der Waals surface area contributed by atoms with E-state index in [1.54, 1.807) is 25.8 Å². The maximum atomic E-state index is 5.06. The van der Waals surface area contributed by atoms with Gasteiger partial charge in [0, 0.05) is 6.20 Å². The number of aromatic nitrogens is 1. The van der Waals surface area contributed by atoms with Gasteiger partial charge >= 0.3 is 0 Å². The molecule has 0 aliphatic rings. The molecule has 13 heavy (non-hydrogen) atoms. The molecular weight excluding hydrogens is 166 g/mol. The first-order valence-corrected chi connectivity index (χ1v) is 4.14. The van der Waals surface area contributed by atoms with Gasteiger partial charge in [-0.25, -0.2) is 0 Å². The van der Waals surface area contributed by atoms with Crippen molar-refractivity contribution in [3.63, 3.8) is 0 Å². The van der Waals surface area contributed by atoms with Crippen LogP contribution in [-0.4, -0.2) is 18.7 Å². The van der Waals surface area contributed by atoms with Crippen LogP contribution in [0, 0.1) is 0 Å². The van der Waals surface area contributed by atoms with Crippen LogP contribution in [-0.2, 0) is 4.74 Å². The van der Waals surface area contributed by atoms with Crippen LogP contribution in [0.5, 0.6) is 5.75 Å². The average molecular weight is 179 g/mol. The van der Waals surface area contributed by atoms with Gasteiger partial charge in [0.25, 0.3) is 0 Å². The Morgan fingerprint density at radius 1 is 1.46 bits per heavy atom. The lowest BCUT2D eigenvalue weighted by molar-refractivity contribution is 0.272. The lowest BCUT2D eigenvalue weighted by Gasteiger charge is -1.99. The number of hydrogen-bond donors (Lipinski definition) is 0. The van der Waals surface area contributed by atoms with Gasteiger partial charge in [0.15, 0.2) is 0 Å². The zero-order valence-corrected chi connectivity index (χ0v) is 7.86. The highest BCUT2D eigenvalue weighted by molar-refractivity contribution is 5.48. The van der Waals surface area contributed by atoms with Crippen molar-refractivity contribution in [2.75, 3.05) is 13.7 Å². The Morgan fingerprint density at radius 2 is 2.31 bits per heavy atom. The first kappa shape index (κ1) is 9.58. The average Bonchev–Trinajstić information content (AvgIpc) is 2.19. The van der Waals surface area contributed by atoms with Gasteiger partial charge < -0.3 is 9.47 Å². The number of pyridine rings is 1. The molecule has 0 spiro atoms. The molecule has 0 saturated heterocycles. The van der Waals surface area contributed by atoms with Gasteiger partial charge in [-0.1, -0.05) is 0 Å². The summed E-state index contributed by atoms with van der Waals surface area (Å²) in [5.41, 5.74) is 0.966. The molecule has 0 fully saturated rings. The Morgan fingerprint density at radius 3 is 3.00 bits per heavy atom. The molecule has 1 aromatic heterocycles. The van der Waals surface area contributed by atoms with E-state index in [4.69, 9.17) is 9.47 Å². The van der Waals surface area contributed by atoms with Gasteiger partial charge in [0.05, 0.1) is 26.2 Å². The van der Waals surface area contributed by atoms with E-state index in [0.717, 1.165) is 11.3 Å². The van der Waals surface area contributed by atoms with E-state index in [1.165, 1.54) is 0 Å². The monoisotopic (exact) mass is 179 g/mol. The molecule has 0 radical (unpaired) electrons. The third-order valence-corrected chi connectivity index (χ3v) is 1.49. The number of rotatable bonds is 4. The predicted octanol–water partition coefficient (Wildman–Crippen LogP) is 2.10. The molecule has 0 N–H and O–H groups in total. The standard InChI is InChI=1S/C10H13NO2/c1-3-13-5-4-9-6-10(12-2)8-11-7-9/h4-8H,3H2,1-2H3. The second kappa shape index (κ2) is 5.19. The topological polar surface area (TPSA) is 31.4 Å². The molecule has 0 aliphatic carbocycles. The summed E-state index contributed by atoms with van der Waals surface area (Å²) >= 11 is 0. The number of ether oxygens (including phenoxy) is 2. The normalized spacial score (nSPS) is 10.3. The number of nitrogens with zero attached hydrogens (tertiary/aromatic N) is 1. The third-order valence-electron chi connectivity index (χ3n) is 1.49. The van der Waals surface area contributed by atoms with E-state index in [0.29, 0.717) is 6.61 Å². The molecule has 1 rings (SSSR count). The summed E-state index contributed by atoms with van der Waals surface area (Å²) in [6.45, 7) is 2.61. The Bertz CT molecular complexity index is 284. The van der Waals surface area contributed by atoms with Crippen LogP contribution < -0.4 is 4.74 Å². The predicted molar refractivity (Wildman–Crippen MR) is 51.4 cm³/mol. The van der Waals surface area contributed by atoms with Crippen molar-refractivity contribution in [3.05, 3.63) is 30.3 Å². The lowest BCUT2D eigenvalue weighted by atomic mass is 10.3. The first-order valence-electron chi connectivity index (χ1n) is 4.14. The smallest absolute Gasteiger partial charge is 0.137 e. The Balaban J connectivity index is 2.66. The molecule has 0 aromatic carbocycles. The van der Waals surface area contributed by atoms with Crippen molar-refractivity contribution >= 4 is 6.08 Å². The molecule has 3 heteroatoms. The van der Waals surface area contributed by atoms with Crippen LogP contribution in [0.2, 0.25) is 0 Å². The highest BCUT2D eigenvalue weighted by Gasteiger charge is 1.91. The fourth-order valence-electron chi connectivity index (χ4n) is 0.861. The molecule has 0 bridgehead atoms. The highest BCUT2D eigenvalue weighted by atomic mass is 16.5. The van der Waals surface area contributed by atoms with E-state index in [2.05, 4.69) is 4.98 Å². The minimum Gasteiger partial charge on any atom is -0.501 e. The van der Waals surface area contributed by atoms with E-state index >= 15 is 0 Å². The van der Waals surface area contributed by atoms with Crippen LogP contribution in [0.15, 0.2) is 24.7 Å². The summed E-state index contributed by atoms with van der Waals surface area (Å²) in [7, 11) is 1.62. The van der Waals surface area contributed by atoms with Crippen molar-refractivity contribution in [2.45, 2.75) is 6.92 Å². The van der Waals surface area contributed by atoms with Gasteiger partial charge in [0.1, 0.15) is 5.75 Å². The van der Waals surface area contributed by atoms with E-state index in [-0.39, 0.29) is 0 Å². The minimum atomic E-state index is 0.675. The van der Waals surface area contributed by atoms with Gasteiger partial charge in [-0.3, -0.25) is 4.98 Å². The Labute approximate surface area is 78.0 Å². The molecule has 3 nitrogen and oxygen atoms in total. The molecule has 1 aromatic rings. The van der Waals surface area contributed by atoms with Crippen LogP contribution in [0.1, 0.15) is 12.5 Å². The van der Waals surface area contributed by atoms with Crippen LogP contribution >= 0.6 is 0 Å². The molecule has 0 unspecified atom stereocenters. The second-order valence-electron chi connectivity index (χ2n) is 2.42. The molecule has 1 heterocycles. The van der Waals surface area contributed by atoms with Crippen molar-refractivity contribution in [2.24, 2.45) is 0 Å². The zero-order valence-electron chi connectivity index (χ0n) is 7.86. The summed E-state index contributed by atoms with van der Waals surface area (Å²) < 4.78 is 10.1. The van der Waals surface area contributed by atoms with Crippen LogP contribution in [0.3, 0.4) is 0 Å². The molecule has 0 amide bonds. The quantitative estimate of drug-likeness (QED) is 0.663. The Kier molecular flexibility index (Phi) is 3.82. The second-order valence-corrected chi connectivity index (χ2v) is 2.42. The molecule has 0 aliphatic heterocycles. The van der Waals surface area contributed by atoms with Crippen molar-refractivity contribution in [1.29, 1.82) is 0 Å². The first-order chi connectivity index (χ1) is 6.36. The van der Waals surface area contributed by atoms with E-state index < -0.39 is 0 Å². The van der Waals surface area contributed by atoms with Gasteiger partial charge in [-0.2, -0.15) is 0 Å². The molecule has 0 atom stereocenters. The number of hydrogen-bond acceptors (Lipinski definition) is 3. The van der Waals surface area contributed by atoms with Crippen molar-refractivity contribution < 1.29 is 9.47 Å². The summed E-state index contributed by atoms with van der Waals surface area (Å²) in [6, 6.07) is 1.89. The van der Waals surface area contributed by atoms with Gasteiger partial charge in [0.2, 0.25) is 0 Å². The fourth-order valence-corrected chi connectivity index (χ4v) is 0.861. The molecule has 70 valence electrons. The van der Waals surface area contributed by atoms with Crippen LogP contribution in [0.25, 0.3) is 6.08 Å².